The third-order valence-electron chi connectivity index (χ3n) is 5.30. The van der Waals surface area contributed by atoms with E-state index in [1.807, 2.05) is 31.2 Å². The molecule has 1 aliphatic carbocycles. The minimum absolute atomic E-state index is 0.0356. The van der Waals surface area contributed by atoms with E-state index >= 15 is 0 Å². The number of benzene rings is 2. The Balaban J connectivity index is 2.05. The van der Waals surface area contributed by atoms with Gasteiger partial charge in [0.2, 0.25) is 0 Å². The zero-order chi connectivity index (χ0) is 18.2. The average Bonchev–Trinajstić information content (AvgIpc) is 2.75. The van der Waals surface area contributed by atoms with Gasteiger partial charge in [0.05, 0.1) is 0 Å². The van der Waals surface area contributed by atoms with Gasteiger partial charge in [0.1, 0.15) is 11.5 Å². The molecule has 132 valence electrons. The number of rotatable bonds is 4. The minimum atomic E-state index is -0.189. The Labute approximate surface area is 149 Å². The highest BCUT2D eigenvalue weighted by Crippen LogP contribution is 2.53. The number of carbonyl (C=O) groups is 1. The van der Waals surface area contributed by atoms with Crippen LogP contribution in [-0.4, -0.2) is 11.1 Å². The molecule has 1 atom stereocenters. The van der Waals surface area contributed by atoms with Gasteiger partial charge >= 0.3 is 5.97 Å². The summed E-state index contributed by atoms with van der Waals surface area (Å²) in [5.41, 5.74) is 3.51. The number of ether oxygens (including phenoxy) is 1. The summed E-state index contributed by atoms with van der Waals surface area (Å²) in [6.45, 7) is 8.69. The van der Waals surface area contributed by atoms with Crippen molar-refractivity contribution in [3.63, 3.8) is 0 Å². The summed E-state index contributed by atoms with van der Waals surface area (Å²) in [4.78, 5) is 11.9. The smallest absolute Gasteiger partial charge is 0.311 e. The third kappa shape index (κ3) is 3.15. The second-order valence-corrected chi connectivity index (χ2v) is 7.87. The Kier molecular flexibility index (Phi) is 4.36. The van der Waals surface area contributed by atoms with Gasteiger partial charge in [0.25, 0.3) is 0 Å². The Bertz CT molecular complexity index is 789. The monoisotopic (exact) mass is 338 g/mol. The van der Waals surface area contributed by atoms with E-state index < -0.39 is 0 Å². The van der Waals surface area contributed by atoms with Gasteiger partial charge in [0, 0.05) is 11.8 Å². The lowest BCUT2D eigenvalue weighted by molar-refractivity contribution is -0.134. The van der Waals surface area contributed by atoms with Crippen LogP contribution in [0.1, 0.15) is 63.6 Å². The fourth-order valence-corrected chi connectivity index (χ4v) is 4.18. The van der Waals surface area contributed by atoms with Gasteiger partial charge in [-0.05, 0) is 59.2 Å². The lowest BCUT2D eigenvalue weighted by Crippen LogP contribution is -2.23. The van der Waals surface area contributed by atoms with Crippen molar-refractivity contribution in [2.45, 2.75) is 57.8 Å². The van der Waals surface area contributed by atoms with E-state index in [4.69, 9.17) is 4.74 Å². The molecule has 3 nitrogen and oxygen atoms in total. The molecule has 0 saturated carbocycles. The first kappa shape index (κ1) is 17.5. The highest BCUT2D eigenvalue weighted by molar-refractivity contribution is 5.72. The number of carbonyl (C=O) groups excluding carboxylic acids is 1. The summed E-state index contributed by atoms with van der Waals surface area (Å²) < 4.78 is 5.52. The molecule has 2 aromatic carbocycles. The molecule has 25 heavy (non-hydrogen) atoms. The second-order valence-electron chi connectivity index (χ2n) is 7.87. The number of phenols is 1. The van der Waals surface area contributed by atoms with Crippen molar-refractivity contribution in [3.05, 3.63) is 59.2 Å². The Morgan fingerprint density at radius 1 is 1.08 bits per heavy atom. The van der Waals surface area contributed by atoms with Gasteiger partial charge in [-0.25, -0.2) is 0 Å². The Hall–Kier alpha value is -2.29. The van der Waals surface area contributed by atoms with Crippen molar-refractivity contribution in [1.29, 1.82) is 0 Å². The van der Waals surface area contributed by atoms with E-state index in [2.05, 4.69) is 26.8 Å². The molecule has 0 radical (unpaired) electrons. The molecule has 0 fully saturated rings. The highest BCUT2D eigenvalue weighted by Gasteiger charge is 2.45. The summed E-state index contributed by atoms with van der Waals surface area (Å²) in [5.74, 6) is 0.693. The van der Waals surface area contributed by atoms with Crippen LogP contribution in [0.4, 0.5) is 0 Å². The molecule has 0 bridgehead atoms. The van der Waals surface area contributed by atoms with Gasteiger partial charge < -0.3 is 9.84 Å². The maximum absolute atomic E-state index is 11.9. The number of hydrogen-bond donors (Lipinski definition) is 1. The van der Waals surface area contributed by atoms with Crippen LogP contribution in [0.25, 0.3) is 0 Å². The summed E-state index contributed by atoms with van der Waals surface area (Å²) in [6.07, 6.45) is 2.17. The van der Waals surface area contributed by atoms with Crippen LogP contribution >= 0.6 is 0 Å². The van der Waals surface area contributed by atoms with Gasteiger partial charge in [-0.15, -0.1) is 0 Å². The first-order valence-electron chi connectivity index (χ1n) is 8.91. The van der Waals surface area contributed by atoms with Crippen molar-refractivity contribution in [1.82, 2.24) is 0 Å². The van der Waals surface area contributed by atoms with Gasteiger partial charge in [-0.2, -0.15) is 0 Å². The van der Waals surface area contributed by atoms with Crippen molar-refractivity contribution >= 4 is 5.97 Å². The largest absolute Gasteiger partial charge is 0.508 e. The van der Waals surface area contributed by atoms with Gasteiger partial charge in [0.15, 0.2) is 0 Å². The highest BCUT2D eigenvalue weighted by atomic mass is 16.5. The molecule has 3 heteroatoms. The molecule has 0 unspecified atom stereocenters. The topological polar surface area (TPSA) is 46.5 Å². The zero-order valence-corrected chi connectivity index (χ0v) is 15.4. The molecule has 3 rings (SSSR count). The average molecular weight is 338 g/mol. The molecule has 0 aliphatic heterocycles. The van der Waals surface area contributed by atoms with Gasteiger partial charge in [-0.1, -0.05) is 45.9 Å². The normalized spacial score (nSPS) is 21.0. The fraction of sp³-hybridized carbons (Fsp3) is 0.409. The predicted molar refractivity (Wildman–Crippen MR) is 99.2 cm³/mol. The molecule has 1 aliphatic rings. The third-order valence-corrected chi connectivity index (χ3v) is 5.30. The minimum Gasteiger partial charge on any atom is -0.508 e. The molecule has 1 N–H and O–H groups in total. The van der Waals surface area contributed by atoms with Crippen LogP contribution < -0.4 is 4.74 Å². The number of fused-ring (bicyclic) bond motifs is 1. The molecule has 0 amide bonds. The molecular weight excluding hydrogens is 312 g/mol. The Morgan fingerprint density at radius 3 is 2.40 bits per heavy atom. The van der Waals surface area contributed by atoms with E-state index in [1.54, 1.807) is 12.1 Å². The SMILES string of the molecule is CCCC(=O)Oc1ccc2c(c1)[C@](C)(c1ccc(O)cc1)CC2(C)C. The van der Waals surface area contributed by atoms with Crippen LogP contribution in [0.2, 0.25) is 0 Å². The number of aromatic hydroxyl groups is 1. The molecule has 2 aromatic rings. The summed E-state index contributed by atoms with van der Waals surface area (Å²) in [7, 11) is 0. The lowest BCUT2D eigenvalue weighted by Gasteiger charge is -2.28. The molecule has 0 heterocycles. The summed E-state index contributed by atoms with van der Waals surface area (Å²) >= 11 is 0. The van der Waals surface area contributed by atoms with E-state index in [-0.39, 0.29) is 22.5 Å². The van der Waals surface area contributed by atoms with E-state index in [1.165, 1.54) is 11.1 Å². The number of esters is 1. The lowest BCUT2D eigenvalue weighted by atomic mass is 9.75. The zero-order valence-electron chi connectivity index (χ0n) is 15.4. The maximum atomic E-state index is 11.9. The maximum Gasteiger partial charge on any atom is 0.311 e. The van der Waals surface area contributed by atoms with Crippen LogP contribution in [0.3, 0.4) is 0 Å². The molecule has 0 saturated heterocycles. The first-order chi connectivity index (χ1) is 11.8. The van der Waals surface area contributed by atoms with Crippen LogP contribution in [0.5, 0.6) is 11.5 Å². The van der Waals surface area contributed by atoms with E-state index in [0.717, 1.165) is 18.4 Å². The summed E-state index contributed by atoms with van der Waals surface area (Å²) in [5, 5.41) is 9.62. The predicted octanol–water partition coefficient (Wildman–Crippen LogP) is 5.09. The van der Waals surface area contributed by atoms with Crippen molar-refractivity contribution < 1.29 is 14.6 Å². The van der Waals surface area contributed by atoms with Crippen molar-refractivity contribution in [3.8, 4) is 11.5 Å². The first-order valence-corrected chi connectivity index (χ1v) is 8.91. The quantitative estimate of drug-likeness (QED) is 0.624. The number of hydrogen-bond acceptors (Lipinski definition) is 3. The van der Waals surface area contributed by atoms with Gasteiger partial charge in [-0.3, -0.25) is 4.79 Å². The molecule has 0 aromatic heterocycles. The fourth-order valence-electron chi connectivity index (χ4n) is 4.18. The number of phenolic OH excluding ortho intramolecular Hbond substituents is 1. The van der Waals surface area contributed by atoms with E-state index in [9.17, 15) is 9.90 Å². The van der Waals surface area contributed by atoms with Crippen molar-refractivity contribution in [2.24, 2.45) is 0 Å². The molecule has 0 spiro atoms. The standard InChI is InChI=1S/C22H26O3/c1-5-6-20(24)25-17-11-12-18-19(13-17)22(4,14-21(18,2)3)15-7-9-16(23)10-8-15/h7-13,23H,5-6,14H2,1-4H3/t22-/m0/s1. The van der Waals surface area contributed by atoms with Crippen molar-refractivity contribution in [2.75, 3.05) is 0 Å². The summed E-state index contributed by atoms with van der Waals surface area (Å²) in [6, 6.07) is 13.4. The van der Waals surface area contributed by atoms with E-state index in [0.29, 0.717) is 12.2 Å². The molecular formula is C22H26O3. The second kappa shape index (κ2) is 6.21. The van der Waals surface area contributed by atoms with Crippen LogP contribution in [0.15, 0.2) is 42.5 Å². The van der Waals surface area contributed by atoms with Crippen LogP contribution in [-0.2, 0) is 15.6 Å². The van der Waals surface area contributed by atoms with Crippen LogP contribution in [0, 0.1) is 0 Å². The Morgan fingerprint density at radius 2 is 1.76 bits per heavy atom.